The summed E-state index contributed by atoms with van der Waals surface area (Å²) in [5, 5.41) is 121. The van der Waals surface area contributed by atoms with Crippen LogP contribution in [0.3, 0.4) is 0 Å². The molecule has 117 heavy (non-hydrogen) atoms. The number of carbonyl (C=O) groups excluding carboxylic acids is 1. The molecule has 19 nitrogen and oxygen atoms in total. The molecule has 19 heteroatoms. The third-order valence-corrected chi connectivity index (χ3v) is 24.0. The van der Waals surface area contributed by atoms with Crippen molar-refractivity contribution < 1.29 is 89.4 Å². The van der Waals surface area contributed by atoms with E-state index in [4.69, 9.17) is 28.4 Å². The molecular formula is C98H179NO18. The predicted molar refractivity (Wildman–Crippen MR) is 475 cm³/mol. The fourth-order valence-electron chi connectivity index (χ4n) is 16.3. The second-order valence-electron chi connectivity index (χ2n) is 34.5. The van der Waals surface area contributed by atoms with Gasteiger partial charge in [0.2, 0.25) is 5.91 Å². The first-order valence-electron chi connectivity index (χ1n) is 48.7. The van der Waals surface area contributed by atoms with E-state index in [1.807, 2.05) is 6.08 Å². The van der Waals surface area contributed by atoms with Gasteiger partial charge in [-0.3, -0.25) is 4.79 Å². The Bertz CT molecular complexity index is 2390. The number of carbonyl (C=O) groups is 1. The monoisotopic (exact) mass is 1660 g/mol. The number of hydrogen-bond donors (Lipinski definition) is 12. The molecule has 0 spiro atoms. The van der Waals surface area contributed by atoms with Gasteiger partial charge in [0.05, 0.1) is 38.6 Å². The van der Waals surface area contributed by atoms with Crippen molar-refractivity contribution in [1.29, 1.82) is 0 Å². The summed E-state index contributed by atoms with van der Waals surface area (Å²) < 4.78 is 34.6. The number of amides is 1. The third-order valence-electron chi connectivity index (χ3n) is 24.0. The first-order valence-corrected chi connectivity index (χ1v) is 48.7. The summed E-state index contributed by atoms with van der Waals surface area (Å²) in [5.74, 6) is -0.268. The number of nitrogens with one attached hydrogen (secondary N) is 1. The molecule has 3 fully saturated rings. The van der Waals surface area contributed by atoms with Crippen molar-refractivity contribution in [3.05, 3.63) is 72.9 Å². The predicted octanol–water partition coefficient (Wildman–Crippen LogP) is 19.9. The van der Waals surface area contributed by atoms with Gasteiger partial charge < -0.3 is 89.9 Å². The van der Waals surface area contributed by atoms with Gasteiger partial charge in [-0.2, -0.15) is 0 Å². The van der Waals surface area contributed by atoms with Crippen LogP contribution in [0.1, 0.15) is 412 Å². The SMILES string of the molecule is CC/C=C\C/C=C\C/C=C\C/C=C\C/C=C\CCCCCCCCCCCCCCCCCCCCCCCCCC(=O)NC(COC1OC(CO)C(OC2OC(CO)C(OC3OC(CO)C(O)C(O)C3O)C(O)C2O)C(O)C1O)C(O)/C=C/CCCCCCCCCCCCCCCCCCCCCCCCCCCCCCCCC. The molecule has 0 aromatic rings. The van der Waals surface area contributed by atoms with Gasteiger partial charge in [0.15, 0.2) is 18.9 Å². The minimum atomic E-state index is -1.98. The maximum absolute atomic E-state index is 13.6. The molecule has 12 N–H and O–H groups in total. The molecule has 1 amide bonds. The van der Waals surface area contributed by atoms with Gasteiger partial charge in [0.25, 0.3) is 0 Å². The fourth-order valence-corrected chi connectivity index (χ4v) is 16.3. The highest BCUT2D eigenvalue weighted by molar-refractivity contribution is 5.76. The second-order valence-corrected chi connectivity index (χ2v) is 34.5. The lowest BCUT2D eigenvalue weighted by Gasteiger charge is -2.48. The maximum Gasteiger partial charge on any atom is 0.220 e. The molecule has 684 valence electrons. The Labute approximate surface area is 712 Å². The quantitative estimate of drug-likeness (QED) is 0.0199. The van der Waals surface area contributed by atoms with Crippen LogP contribution in [0.4, 0.5) is 0 Å². The lowest BCUT2D eigenvalue weighted by molar-refractivity contribution is -0.379. The largest absolute Gasteiger partial charge is 0.394 e. The summed E-state index contributed by atoms with van der Waals surface area (Å²) >= 11 is 0. The Morgan fingerprint density at radius 3 is 0.923 bits per heavy atom. The molecule has 0 aromatic carbocycles. The zero-order valence-electron chi connectivity index (χ0n) is 74.2. The van der Waals surface area contributed by atoms with Gasteiger partial charge in [0, 0.05) is 6.42 Å². The molecule has 0 aliphatic carbocycles. The van der Waals surface area contributed by atoms with Crippen LogP contribution in [-0.4, -0.2) is 193 Å². The average molecular weight is 1660 g/mol. The summed E-state index contributed by atoms with van der Waals surface area (Å²) in [6.45, 7) is 1.69. The highest BCUT2D eigenvalue weighted by Crippen LogP contribution is 2.34. The lowest BCUT2D eigenvalue weighted by atomic mass is 9.96. The standard InChI is InChI=1S/C98H179NO18/c1-3-5-7-9-11-13-15-17-19-21-23-25-27-29-31-33-35-37-38-39-40-41-42-44-46-48-50-52-54-56-58-60-62-64-66-68-70-72-74-76-86(104)99-81(82(103)75-73-71-69-67-65-63-61-59-57-55-53-51-49-47-45-43-36-34-32-30-28-26-24-22-20-18-16-14-12-10-8-6-4-2)80-112-96-92(110)89(107)94(84(78-101)114-96)117-98-93(111)90(108)95(85(79-102)115-98)116-97-91(109)88(106)87(105)83(77-100)113-97/h5,7,11,13,17,19,23,25,29,31,73,75,81-85,87-98,100-103,105-111H,3-4,6,8-10,12,14-16,18,20-22,24,26-28,30,32-72,74,76-80H2,1-2H3,(H,99,104)/b7-5-,13-11-,19-17-,25-23-,31-29-,75-73+. The molecule has 3 saturated heterocycles. The van der Waals surface area contributed by atoms with Gasteiger partial charge in [-0.1, -0.05) is 414 Å². The van der Waals surface area contributed by atoms with Crippen LogP contribution >= 0.6 is 0 Å². The van der Waals surface area contributed by atoms with E-state index < -0.39 is 124 Å². The summed E-state index contributed by atoms with van der Waals surface area (Å²) in [6.07, 6.45) is 77.9. The van der Waals surface area contributed by atoms with Crippen LogP contribution < -0.4 is 5.32 Å². The van der Waals surface area contributed by atoms with Gasteiger partial charge in [-0.25, -0.2) is 0 Å². The molecule has 3 aliphatic rings. The van der Waals surface area contributed by atoms with Crippen LogP contribution in [0.5, 0.6) is 0 Å². The zero-order valence-corrected chi connectivity index (χ0v) is 74.2. The number of hydrogen-bond acceptors (Lipinski definition) is 18. The van der Waals surface area contributed by atoms with Crippen LogP contribution in [-0.2, 0) is 33.2 Å². The molecule has 17 unspecified atom stereocenters. The first kappa shape index (κ1) is 108. The summed E-state index contributed by atoms with van der Waals surface area (Å²) in [4.78, 5) is 13.6. The van der Waals surface area contributed by atoms with Crippen LogP contribution in [0.15, 0.2) is 72.9 Å². The van der Waals surface area contributed by atoms with Crippen molar-refractivity contribution in [2.24, 2.45) is 0 Å². The highest BCUT2D eigenvalue weighted by Gasteiger charge is 2.54. The zero-order chi connectivity index (χ0) is 84.5. The number of aliphatic hydroxyl groups is 11. The highest BCUT2D eigenvalue weighted by atomic mass is 16.8. The molecule has 0 bridgehead atoms. The maximum atomic E-state index is 13.6. The molecule has 17 atom stereocenters. The number of unbranched alkanes of at least 4 members (excludes halogenated alkanes) is 54. The van der Waals surface area contributed by atoms with E-state index in [-0.39, 0.29) is 18.9 Å². The fraction of sp³-hybridized carbons (Fsp3) is 0.867. The van der Waals surface area contributed by atoms with Crippen LogP contribution in [0.25, 0.3) is 0 Å². The first-order chi connectivity index (χ1) is 57.3. The Balaban J connectivity index is 1.29. The van der Waals surface area contributed by atoms with Crippen molar-refractivity contribution in [2.75, 3.05) is 26.4 Å². The van der Waals surface area contributed by atoms with Crippen molar-refractivity contribution in [1.82, 2.24) is 5.32 Å². The normalized spacial score (nSPS) is 24.7. The Morgan fingerprint density at radius 1 is 0.316 bits per heavy atom. The van der Waals surface area contributed by atoms with Crippen LogP contribution in [0, 0.1) is 0 Å². The number of aliphatic hydroxyl groups excluding tert-OH is 11. The van der Waals surface area contributed by atoms with E-state index in [1.54, 1.807) is 6.08 Å². The van der Waals surface area contributed by atoms with Crippen molar-refractivity contribution in [3.8, 4) is 0 Å². The summed E-state index contributed by atoms with van der Waals surface area (Å²) in [6, 6.07) is -0.976. The van der Waals surface area contributed by atoms with E-state index >= 15 is 0 Å². The van der Waals surface area contributed by atoms with E-state index in [2.05, 4.69) is 79.9 Å². The Hall–Kier alpha value is -2.77. The molecule has 0 saturated carbocycles. The summed E-state index contributed by atoms with van der Waals surface area (Å²) in [7, 11) is 0. The smallest absolute Gasteiger partial charge is 0.220 e. The molecule has 0 radical (unpaired) electrons. The topological polar surface area (TPSA) is 307 Å². The second kappa shape index (κ2) is 76.8. The molecule has 3 heterocycles. The van der Waals surface area contributed by atoms with E-state index in [0.717, 1.165) is 77.0 Å². The van der Waals surface area contributed by atoms with Gasteiger partial charge in [-0.05, 0) is 64.2 Å². The van der Waals surface area contributed by atoms with Crippen molar-refractivity contribution >= 4 is 5.91 Å². The van der Waals surface area contributed by atoms with E-state index in [1.165, 1.54) is 308 Å². The molecule has 0 aromatic heterocycles. The molecule has 3 aliphatic heterocycles. The Morgan fingerprint density at radius 2 is 0.590 bits per heavy atom. The average Bonchev–Trinajstić information content (AvgIpc) is 0.777. The lowest BCUT2D eigenvalue weighted by Crippen LogP contribution is -2.66. The van der Waals surface area contributed by atoms with Crippen molar-refractivity contribution in [3.63, 3.8) is 0 Å². The minimum Gasteiger partial charge on any atom is -0.394 e. The minimum absolute atomic E-state index is 0.246. The van der Waals surface area contributed by atoms with Gasteiger partial charge in [0.1, 0.15) is 73.2 Å². The molecule has 3 rings (SSSR count). The Kier molecular flexibility index (Phi) is 71.2. The van der Waals surface area contributed by atoms with Crippen LogP contribution in [0.2, 0.25) is 0 Å². The summed E-state index contributed by atoms with van der Waals surface area (Å²) in [5.41, 5.74) is 0. The van der Waals surface area contributed by atoms with E-state index in [0.29, 0.717) is 6.42 Å². The van der Waals surface area contributed by atoms with Gasteiger partial charge in [-0.15, -0.1) is 0 Å². The number of ether oxygens (including phenoxy) is 6. The van der Waals surface area contributed by atoms with Gasteiger partial charge >= 0.3 is 0 Å². The van der Waals surface area contributed by atoms with E-state index in [9.17, 15) is 61.0 Å². The van der Waals surface area contributed by atoms with Crippen molar-refractivity contribution in [2.45, 2.75) is 516 Å². The number of rotatable bonds is 80. The number of allylic oxidation sites excluding steroid dienone is 11. The molecular weight excluding hydrogens is 1480 g/mol. The third kappa shape index (κ3) is 54.6.